The number of aromatic nitrogens is 1. The molecule has 0 atom stereocenters. The van der Waals surface area contributed by atoms with Crippen LogP contribution in [0.2, 0.25) is 0 Å². The lowest BCUT2D eigenvalue weighted by atomic mass is 10.2. The number of alkyl halides is 2. The van der Waals surface area contributed by atoms with Crippen LogP contribution in [0.4, 0.5) is 8.78 Å². The second-order valence-electron chi connectivity index (χ2n) is 2.51. The van der Waals surface area contributed by atoms with Gasteiger partial charge in [-0.25, -0.2) is 8.78 Å². The first-order chi connectivity index (χ1) is 5.65. The van der Waals surface area contributed by atoms with Gasteiger partial charge in [0, 0.05) is 6.54 Å². The van der Waals surface area contributed by atoms with E-state index in [-0.39, 0.29) is 12.2 Å². The Morgan fingerprint density at radius 1 is 1.50 bits per heavy atom. The maximum atomic E-state index is 12.2. The number of halogens is 2. The summed E-state index contributed by atoms with van der Waals surface area (Å²) in [6, 6.07) is 3.26. The van der Waals surface area contributed by atoms with Crippen molar-refractivity contribution in [1.82, 2.24) is 4.98 Å². The lowest BCUT2D eigenvalue weighted by Crippen LogP contribution is -2.03. The zero-order chi connectivity index (χ0) is 9.14. The number of hydrogen-bond donors (Lipinski definition) is 1. The fraction of sp³-hybridized carbons (Fsp3) is 0.375. The number of pyridine rings is 1. The first kappa shape index (κ1) is 9.06. The molecule has 0 saturated heterocycles. The molecule has 1 aromatic rings. The molecule has 0 aliphatic rings. The van der Waals surface area contributed by atoms with Crippen molar-refractivity contribution in [2.45, 2.75) is 19.9 Å². The van der Waals surface area contributed by atoms with Crippen molar-refractivity contribution >= 4 is 0 Å². The predicted molar refractivity (Wildman–Crippen MR) is 41.8 cm³/mol. The van der Waals surface area contributed by atoms with Crippen LogP contribution in [0.25, 0.3) is 0 Å². The molecule has 0 spiro atoms. The molecule has 12 heavy (non-hydrogen) atoms. The standard InChI is InChI=1S/C8H10F2N2/c1-5-2-3-6(4-11)12-7(5)8(9)10/h2-3,8H,4,11H2,1H3. The Kier molecular flexibility index (Phi) is 2.70. The summed E-state index contributed by atoms with van der Waals surface area (Å²) in [5.74, 6) is 0. The smallest absolute Gasteiger partial charge is 0.280 e. The van der Waals surface area contributed by atoms with E-state index in [1.54, 1.807) is 19.1 Å². The maximum absolute atomic E-state index is 12.2. The van der Waals surface area contributed by atoms with Crippen molar-refractivity contribution in [3.63, 3.8) is 0 Å². The van der Waals surface area contributed by atoms with Gasteiger partial charge in [0.15, 0.2) is 0 Å². The van der Waals surface area contributed by atoms with Crippen LogP contribution in [0.15, 0.2) is 12.1 Å². The van der Waals surface area contributed by atoms with E-state index in [2.05, 4.69) is 4.98 Å². The van der Waals surface area contributed by atoms with Crippen molar-refractivity contribution in [2.24, 2.45) is 5.73 Å². The molecule has 0 radical (unpaired) electrons. The molecule has 2 N–H and O–H groups in total. The van der Waals surface area contributed by atoms with Gasteiger partial charge in [-0.1, -0.05) is 6.07 Å². The van der Waals surface area contributed by atoms with Crippen LogP contribution in [-0.4, -0.2) is 4.98 Å². The largest absolute Gasteiger partial charge is 0.325 e. The molecule has 4 heteroatoms. The summed E-state index contributed by atoms with van der Waals surface area (Å²) in [4.78, 5) is 3.72. The molecule has 0 aromatic carbocycles. The Morgan fingerprint density at radius 3 is 2.67 bits per heavy atom. The first-order valence-electron chi connectivity index (χ1n) is 3.59. The van der Waals surface area contributed by atoms with E-state index in [0.29, 0.717) is 11.3 Å². The summed E-state index contributed by atoms with van der Waals surface area (Å²) in [7, 11) is 0. The summed E-state index contributed by atoms with van der Waals surface area (Å²) in [6.45, 7) is 1.80. The lowest BCUT2D eigenvalue weighted by Gasteiger charge is -2.04. The fourth-order valence-electron chi connectivity index (χ4n) is 0.921. The third-order valence-electron chi connectivity index (χ3n) is 1.61. The van der Waals surface area contributed by atoms with Gasteiger partial charge < -0.3 is 5.73 Å². The number of rotatable bonds is 2. The molecular weight excluding hydrogens is 162 g/mol. The van der Waals surface area contributed by atoms with E-state index >= 15 is 0 Å². The number of aryl methyl sites for hydroxylation is 1. The molecular formula is C8H10F2N2. The van der Waals surface area contributed by atoms with Crippen LogP contribution in [0.3, 0.4) is 0 Å². The number of nitrogens with two attached hydrogens (primary N) is 1. The minimum absolute atomic E-state index is 0.169. The van der Waals surface area contributed by atoms with E-state index < -0.39 is 6.43 Å². The molecule has 0 saturated carbocycles. The van der Waals surface area contributed by atoms with E-state index in [4.69, 9.17) is 5.73 Å². The number of hydrogen-bond acceptors (Lipinski definition) is 2. The Labute approximate surface area is 69.4 Å². The van der Waals surface area contributed by atoms with Crippen molar-refractivity contribution in [3.8, 4) is 0 Å². The van der Waals surface area contributed by atoms with Gasteiger partial charge in [0.1, 0.15) is 5.69 Å². The molecule has 66 valence electrons. The third-order valence-corrected chi connectivity index (χ3v) is 1.61. The molecule has 0 fully saturated rings. The second-order valence-corrected chi connectivity index (χ2v) is 2.51. The normalized spacial score (nSPS) is 10.8. The van der Waals surface area contributed by atoms with Crippen LogP contribution in [0.5, 0.6) is 0 Å². The lowest BCUT2D eigenvalue weighted by molar-refractivity contribution is 0.145. The van der Waals surface area contributed by atoms with Gasteiger partial charge in [0.05, 0.1) is 5.69 Å². The molecule has 2 nitrogen and oxygen atoms in total. The van der Waals surface area contributed by atoms with Gasteiger partial charge in [0.2, 0.25) is 0 Å². The van der Waals surface area contributed by atoms with Crippen LogP contribution in [-0.2, 0) is 6.54 Å². The highest BCUT2D eigenvalue weighted by Gasteiger charge is 2.12. The maximum Gasteiger partial charge on any atom is 0.280 e. The monoisotopic (exact) mass is 172 g/mol. The minimum atomic E-state index is -2.52. The van der Waals surface area contributed by atoms with E-state index in [9.17, 15) is 8.78 Å². The minimum Gasteiger partial charge on any atom is -0.325 e. The van der Waals surface area contributed by atoms with Crippen molar-refractivity contribution in [1.29, 1.82) is 0 Å². The summed E-state index contributed by atoms with van der Waals surface area (Å²) < 4.78 is 24.5. The van der Waals surface area contributed by atoms with Gasteiger partial charge in [-0.3, -0.25) is 4.98 Å². The third kappa shape index (κ3) is 1.76. The molecule has 1 heterocycles. The highest BCUT2D eigenvalue weighted by Crippen LogP contribution is 2.20. The summed E-state index contributed by atoms with van der Waals surface area (Å²) in [5.41, 5.74) is 6.09. The van der Waals surface area contributed by atoms with Crippen molar-refractivity contribution in [2.75, 3.05) is 0 Å². The summed E-state index contributed by atoms with van der Waals surface area (Å²) in [6.07, 6.45) is -2.52. The zero-order valence-electron chi connectivity index (χ0n) is 6.72. The Bertz CT molecular complexity index is 274. The molecule has 0 unspecified atom stereocenters. The van der Waals surface area contributed by atoms with Gasteiger partial charge >= 0.3 is 0 Å². The highest BCUT2D eigenvalue weighted by atomic mass is 19.3. The van der Waals surface area contributed by atoms with Crippen molar-refractivity contribution < 1.29 is 8.78 Å². The average molecular weight is 172 g/mol. The molecule has 0 aliphatic carbocycles. The van der Waals surface area contributed by atoms with E-state index in [1.807, 2.05) is 0 Å². The van der Waals surface area contributed by atoms with Crippen molar-refractivity contribution in [3.05, 3.63) is 29.1 Å². The second kappa shape index (κ2) is 3.58. The summed E-state index contributed by atoms with van der Waals surface area (Å²) in [5, 5.41) is 0. The predicted octanol–water partition coefficient (Wildman–Crippen LogP) is 1.79. The van der Waals surface area contributed by atoms with Crippen LogP contribution in [0, 0.1) is 6.92 Å². The molecule has 1 rings (SSSR count). The quantitative estimate of drug-likeness (QED) is 0.738. The Balaban J connectivity index is 3.08. The van der Waals surface area contributed by atoms with Gasteiger partial charge in [-0.05, 0) is 18.6 Å². The Morgan fingerprint density at radius 2 is 2.17 bits per heavy atom. The van der Waals surface area contributed by atoms with Crippen LogP contribution < -0.4 is 5.73 Å². The van der Waals surface area contributed by atoms with Gasteiger partial charge in [-0.15, -0.1) is 0 Å². The molecule has 0 amide bonds. The van der Waals surface area contributed by atoms with Gasteiger partial charge in [-0.2, -0.15) is 0 Å². The average Bonchev–Trinajstić information content (AvgIpc) is 2.05. The SMILES string of the molecule is Cc1ccc(CN)nc1C(F)F. The molecule has 0 aliphatic heterocycles. The molecule has 0 bridgehead atoms. The number of nitrogens with zero attached hydrogens (tertiary/aromatic N) is 1. The van der Waals surface area contributed by atoms with Gasteiger partial charge in [0.25, 0.3) is 6.43 Å². The molecule has 1 aromatic heterocycles. The fourth-order valence-corrected chi connectivity index (χ4v) is 0.921. The van der Waals surface area contributed by atoms with E-state index in [1.165, 1.54) is 0 Å². The Hall–Kier alpha value is -1.03. The van der Waals surface area contributed by atoms with Crippen LogP contribution in [0.1, 0.15) is 23.4 Å². The first-order valence-corrected chi connectivity index (χ1v) is 3.59. The van der Waals surface area contributed by atoms with Crippen LogP contribution >= 0.6 is 0 Å². The highest BCUT2D eigenvalue weighted by molar-refractivity contribution is 5.22. The topological polar surface area (TPSA) is 38.9 Å². The zero-order valence-corrected chi connectivity index (χ0v) is 6.72. The van der Waals surface area contributed by atoms with E-state index in [0.717, 1.165) is 0 Å². The summed E-state index contributed by atoms with van der Waals surface area (Å²) >= 11 is 0.